The van der Waals surface area contributed by atoms with Crippen molar-refractivity contribution in [1.29, 1.82) is 0 Å². The summed E-state index contributed by atoms with van der Waals surface area (Å²) in [6.07, 6.45) is 1.60. The van der Waals surface area contributed by atoms with E-state index >= 15 is 0 Å². The van der Waals surface area contributed by atoms with Crippen LogP contribution in [0.15, 0.2) is 54.7 Å². The van der Waals surface area contributed by atoms with Crippen LogP contribution in [0.2, 0.25) is 0 Å². The molecule has 3 nitrogen and oxygen atoms in total. The SMILES string of the molecule is COc1cccc(C(=CN)c2cccc(OC)c2)c1. The Kier molecular flexibility index (Phi) is 4.08. The van der Waals surface area contributed by atoms with Crippen molar-refractivity contribution in [2.75, 3.05) is 14.2 Å². The highest BCUT2D eigenvalue weighted by molar-refractivity contribution is 5.80. The van der Waals surface area contributed by atoms with Gasteiger partial charge in [-0.25, -0.2) is 0 Å². The molecular formula is C16H17NO2. The molecule has 98 valence electrons. The highest BCUT2D eigenvalue weighted by Gasteiger charge is 2.06. The van der Waals surface area contributed by atoms with Crippen LogP contribution in [0, 0.1) is 0 Å². The lowest BCUT2D eigenvalue weighted by Gasteiger charge is -2.10. The molecule has 0 atom stereocenters. The summed E-state index contributed by atoms with van der Waals surface area (Å²) in [5, 5.41) is 0. The number of hydrogen-bond donors (Lipinski definition) is 1. The Morgan fingerprint density at radius 2 is 1.37 bits per heavy atom. The molecule has 0 spiro atoms. The minimum absolute atomic E-state index is 0.805. The molecule has 0 fully saturated rings. The zero-order chi connectivity index (χ0) is 13.7. The molecule has 0 aliphatic carbocycles. The molecule has 0 unspecified atom stereocenters. The van der Waals surface area contributed by atoms with E-state index in [4.69, 9.17) is 15.2 Å². The summed E-state index contributed by atoms with van der Waals surface area (Å²) in [5.74, 6) is 1.61. The molecule has 0 radical (unpaired) electrons. The van der Waals surface area contributed by atoms with Crippen molar-refractivity contribution in [2.45, 2.75) is 0 Å². The number of benzene rings is 2. The van der Waals surface area contributed by atoms with E-state index in [2.05, 4.69) is 0 Å². The molecule has 0 aliphatic rings. The Labute approximate surface area is 113 Å². The Morgan fingerprint density at radius 3 is 1.74 bits per heavy atom. The lowest BCUT2D eigenvalue weighted by atomic mass is 9.98. The van der Waals surface area contributed by atoms with Crippen molar-refractivity contribution < 1.29 is 9.47 Å². The first-order valence-electron chi connectivity index (χ1n) is 5.99. The summed E-state index contributed by atoms with van der Waals surface area (Å²) >= 11 is 0. The highest BCUT2D eigenvalue weighted by Crippen LogP contribution is 2.27. The maximum Gasteiger partial charge on any atom is 0.119 e. The van der Waals surface area contributed by atoms with Crippen molar-refractivity contribution in [3.8, 4) is 11.5 Å². The third-order valence-corrected chi connectivity index (χ3v) is 2.93. The van der Waals surface area contributed by atoms with E-state index in [1.54, 1.807) is 20.4 Å². The third-order valence-electron chi connectivity index (χ3n) is 2.93. The van der Waals surface area contributed by atoms with Crippen molar-refractivity contribution in [1.82, 2.24) is 0 Å². The molecule has 2 aromatic carbocycles. The van der Waals surface area contributed by atoms with Crippen LogP contribution in [0.25, 0.3) is 5.57 Å². The smallest absolute Gasteiger partial charge is 0.119 e. The van der Waals surface area contributed by atoms with E-state index in [1.165, 1.54) is 0 Å². The average Bonchev–Trinajstić information content (AvgIpc) is 2.48. The average molecular weight is 255 g/mol. The van der Waals surface area contributed by atoms with Crippen LogP contribution in [0.3, 0.4) is 0 Å². The summed E-state index contributed by atoms with van der Waals surface area (Å²) in [7, 11) is 3.30. The van der Waals surface area contributed by atoms with Gasteiger partial charge in [-0.1, -0.05) is 24.3 Å². The molecular weight excluding hydrogens is 238 g/mol. The Bertz CT molecular complexity index is 541. The lowest BCUT2D eigenvalue weighted by molar-refractivity contribution is 0.414. The highest BCUT2D eigenvalue weighted by atomic mass is 16.5. The maximum atomic E-state index is 5.78. The normalized spacial score (nSPS) is 9.79. The summed E-state index contributed by atoms with van der Waals surface area (Å²) in [6.45, 7) is 0. The first kappa shape index (κ1) is 13.0. The first-order chi connectivity index (χ1) is 9.28. The second-order valence-electron chi connectivity index (χ2n) is 4.04. The summed E-state index contributed by atoms with van der Waals surface area (Å²) < 4.78 is 10.5. The predicted octanol–water partition coefficient (Wildman–Crippen LogP) is 3.05. The van der Waals surface area contributed by atoms with E-state index in [-0.39, 0.29) is 0 Å². The van der Waals surface area contributed by atoms with E-state index in [1.807, 2.05) is 48.5 Å². The molecule has 0 saturated carbocycles. The van der Waals surface area contributed by atoms with Crippen LogP contribution < -0.4 is 15.2 Å². The quantitative estimate of drug-likeness (QED) is 0.913. The zero-order valence-electron chi connectivity index (χ0n) is 11.1. The van der Waals surface area contributed by atoms with Crippen molar-refractivity contribution >= 4 is 5.57 Å². The van der Waals surface area contributed by atoms with Crippen LogP contribution in [-0.2, 0) is 0 Å². The van der Waals surface area contributed by atoms with Gasteiger partial charge >= 0.3 is 0 Å². The Morgan fingerprint density at radius 1 is 0.895 bits per heavy atom. The van der Waals surface area contributed by atoms with Crippen LogP contribution in [0.1, 0.15) is 11.1 Å². The fraction of sp³-hybridized carbons (Fsp3) is 0.125. The molecule has 0 heterocycles. The number of methoxy groups -OCH3 is 2. The van der Waals surface area contributed by atoms with Gasteiger partial charge in [0.1, 0.15) is 11.5 Å². The molecule has 2 N–H and O–H groups in total. The number of rotatable bonds is 4. The Hall–Kier alpha value is -2.42. The standard InChI is InChI=1S/C16H17NO2/c1-18-14-7-3-5-12(9-14)16(11-17)13-6-4-8-15(10-13)19-2/h3-11H,17H2,1-2H3. The predicted molar refractivity (Wildman–Crippen MR) is 77.3 cm³/mol. The first-order valence-corrected chi connectivity index (χ1v) is 5.99. The largest absolute Gasteiger partial charge is 0.497 e. The van der Waals surface area contributed by atoms with Crippen LogP contribution in [-0.4, -0.2) is 14.2 Å². The summed E-state index contributed by atoms with van der Waals surface area (Å²) in [4.78, 5) is 0. The van der Waals surface area contributed by atoms with E-state index in [9.17, 15) is 0 Å². The van der Waals surface area contributed by atoms with Gasteiger partial charge in [0, 0.05) is 11.8 Å². The second kappa shape index (κ2) is 5.96. The van der Waals surface area contributed by atoms with E-state index in [0.717, 1.165) is 28.2 Å². The molecule has 0 amide bonds. The Balaban J connectivity index is 2.44. The van der Waals surface area contributed by atoms with Crippen LogP contribution in [0.4, 0.5) is 0 Å². The molecule has 0 bridgehead atoms. The molecule has 0 aliphatic heterocycles. The molecule has 2 aromatic rings. The van der Waals surface area contributed by atoms with Gasteiger partial charge < -0.3 is 15.2 Å². The fourth-order valence-corrected chi connectivity index (χ4v) is 1.94. The van der Waals surface area contributed by atoms with Gasteiger partial charge in [-0.15, -0.1) is 0 Å². The van der Waals surface area contributed by atoms with Crippen LogP contribution >= 0.6 is 0 Å². The number of ether oxygens (including phenoxy) is 2. The van der Waals surface area contributed by atoms with Gasteiger partial charge in [0.25, 0.3) is 0 Å². The number of hydrogen-bond acceptors (Lipinski definition) is 3. The van der Waals surface area contributed by atoms with Gasteiger partial charge in [-0.2, -0.15) is 0 Å². The molecule has 0 aromatic heterocycles. The van der Waals surface area contributed by atoms with Gasteiger partial charge in [0.2, 0.25) is 0 Å². The summed E-state index contributed by atoms with van der Waals surface area (Å²) in [5.41, 5.74) is 8.74. The number of nitrogens with two attached hydrogens (primary N) is 1. The van der Waals surface area contributed by atoms with E-state index < -0.39 is 0 Å². The molecule has 2 rings (SSSR count). The van der Waals surface area contributed by atoms with Gasteiger partial charge in [-0.3, -0.25) is 0 Å². The molecule has 0 saturated heterocycles. The van der Waals surface area contributed by atoms with Gasteiger partial charge in [0.15, 0.2) is 0 Å². The fourth-order valence-electron chi connectivity index (χ4n) is 1.94. The molecule has 3 heteroatoms. The van der Waals surface area contributed by atoms with Crippen molar-refractivity contribution in [3.63, 3.8) is 0 Å². The lowest BCUT2D eigenvalue weighted by Crippen LogP contribution is -1.94. The minimum Gasteiger partial charge on any atom is -0.497 e. The maximum absolute atomic E-state index is 5.78. The summed E-state index contributed by atoms with van der Waals surface area (Å²) in [6, 6.07) is 15.6. The monoisotopic (exact) mass is 255 g/mol. The van der Waals surface area contributed by atoms with Crippen molar-refractivity contribution in [2.24, 2.45) is 5.73 Å². The third kappa shape index (κ3) is 2.88. The topological polar surface area (TPSA) is 44.5 Å². The van der Waals surface area contributed by atoms with Crippen LogP contribution in [0.5, 0.6) is 11.5 Å². The van der Waals surface area contributed by atoms with Crippen molar-refractivity contribution in [3.05, 3.63) is 65.9 Å². The molecule has 19 heavy (non-hydrogen) atoms. The van der Waals surface area contributed by atoms with E-state index in [0.29, 0.717) is 0 Å². The van der Waals surface area contributed by atoms with Gasteiger partial charge in [0.05, 0.1) is 14.2 Å². The zero-order valence-corrected chi connectivity index (χ0v) is 11.1. The second-order valence-corrected chi connectivity index (χ2v) is 4.04. The minimum atomic E-state index is 0.805. The van der Waals surface area contributed by atoms with Gasteiger partial charge in [-0.05, 0) is 35.4 Å².